The molecular weight excluding hydrogens is 186 g/mol. The van der Waals surface area contributed by atoms with Crippen molar-refractivity contribution in [2.24, 2.45) is 0 Å². The van der Waals surface area contributed by atoms with Gasteiger partial charge in [-0.25, -0.2) is 0 Å². The number of unbranched alkanes of at least 4 members (excludes halogenated alkanes) is 2. The molecule has 1 aliphatic heterocycles. The molecule has 1 heterocycles. The number of hydrogen-bond donors (Lipinski definition) is 0. The SMILES string of the molecule is C=CCC1CCCCN1OCCCCC. The summed E-state index contributed by atoms with van der Waals surface area (Å²) in [5, 5.41) is 2.20. The van der Waals surface area contributed by atoms with Gasteiger partial charge in [0.2, 0.25) is 0 Å². The molecule has 0 aromatic heterocycles. The van der Waals surface area contributed by atoms with Crippen molar-refractivity contribution < 1.29 is 4.84 Å². The van der Waals surface area contributed by atoms with Crippen LogP contribution in [0.25, 0.3) is 0 Å². The Balaban J connectivity index is 2.20. The van der Waals surface area contributed by atoms with E-state index in [0.717, 1.165) is 19.6 Å². The molecule has 1 saturated heterocycles. The van der Waals surface area contributed by atoms with Crippen LogP contribution in [0.15, 0.2) is 12.7 Å². The molecule has 0 N–H and O–H groups in total. The highest BCUT2D eigenvalue weighted by Crippen LogP contribution is 2.20. The van der Waals surface area contributed by atoms with Crippen LogP contribution >= 0.6 is 0 Å². The Hall–Kier alpha value is -0.340. The Labute approximate surface area is 94.3 Å². The molecule has 2 heteroatoms. The monoisotopic (exact) mass is 211 g/mol. The highest BCUT2D eigenvalue weighted by Gasteiger charge is 2.21. The van der Waals surface area contributed by atoms with Gasteiger partial charge in [0.05, 0.1) is 6.61 Å². The van der Waals surface area contributed by atoms with Crippen LogP contribution in [0.3, 0.4) is 0 Å². The summed E-state index contributed by atoms with van der Waals surface area (Å²) in [5.41, 5.74) is 0. The van der Waals surface area contributed by atoms with E-state index in [-0.39, 0.29) is 0 Å². The number of piperidine rings is 1. The minimum Gasteiger partial charge on any atom is -0.299 e. The fourth-order valence-corrected chi connectivity index (χ4v) is 2.11. The zero-order chi connectivity index (χ0) is 10.9. The van der Waals surface area contributed by atoms with Crippen LogP contribution in [0.2, 0.25) is 0 Å². The lowest BCUT2D eigenvalue weighted by Crippen LogP contribution is -2.39. The maximum atomic E-state index is 5.84. The molecule has 0 spiro atoms. The summed E-state index contributed by atoms with van der Waals surface area (Å²) in [7, 11) is 0. The van der Waals surface area contributed by atoms with Gasteiger partial charge in [0, 0.05) is 12.6 Å². The molecule has 1 unspecified atom stereocenters. The van der Waals surface area contributed by atoms with E-state index in [2.05, 4.69) is 18.6 Å². The summed E-state index contributed by atoms with van der Waals surface area (Å²) < 4.78 is 0. The summed E-state index contributed by atoms with van der Waals surface area (Å²) >= 11 is 0. The molecule has 0 aromatic carbocycles. The Morgan fingerprint density at radius 1 is 1.40 bits per heavy atom. The fraction of sp³-hybridized carbons (Fsp3) is 0.846. The van der Waals surface area contributed by atoms with Gasteiger partial charge in [0.15, 0.2) is 0 Å². The number of rotatable bonds is 7. The van der Waals surface area contributed by atoms with Crippen LogP contribution in [-0.4, -0.2) is 24.3 Å². The average Bonchev–Trinajstić information content (AvgIpc) is 2.27. The van der Waals surface area contributed by atoms with Crippen LogP contribution in [0, 0.1) is 0 Å². The summed E-state index contributed by atoms with van der Waals surface area (Å²) in [6.07, 6.45) is 10.7. The van der Waals surface area contributed by atoms with Gasteiger partial charge in [-0.3, -0.25) is 4.84 Å². The van der Waals surface area contributed by atoms with Crippen molar-refractivity contribution in [3.63, 3.8) is 0 Å². The maximum absolute atomic E-state index is 5.84. The van der Waals surface area contributed by atoms with Crippen molar-refractivity contribution in [3.8, 4) is 0 Å². The molecule has 15 heavy (non-hydrogen) atoms. The first-order valence-electron chi connectivity index (χ1n) is 6.39. The molecule has 0 amide bonds. The van der Waals surface area contributed by atoms with E-state index in [9.17, 15) is 0 Å². The van der Waals surface area contributed by atoms with E-state index in [1.807, 2.05) is 6.08 Å². The number of hydroxylamine groups is 2. The predicted molar refractivity (Wildman–Crippen MR) is 64.6 cm³/mol. The van der Waals surface area contributed by atoms with Gasteiger partial charge >= 0.3 is 0 Å². The lowest BCUT2D eigenvalue weighted by molar-refractivity contribution is -0.197. The van der Waals surface area contributed by atoms with Gasteiger partial charge in [-0.15, -0.1) is 6.58 Å². The van der Waals surface area contributed by atoms with E-state index in [0.29, 0.717) is 6.04 Å². The first kappa shape index (κ1) is 12.7. The summed E-state index contributed by atoms with van der Waals surface area (Å²) in [6.45, 7) is 8.03. The largest absolute Gasteiger partial charge is 0.299 e. The van der Waals surface area contributed by atoms with Gasteiger partial charge in [-0.2, -0.15) is 5.06 Å². The van der Waals surface area contributed by atoms with Crippen molar-refractivity contribution in [2.45, 2.75) is 57.9 Å². The van der Waals surface area contributed by atoms with Gasteiger partial charge < -0.3 is 0 Å². The average molecular weight is 211 g/mol. The van der Waals surface area contributed by atoms with E-state index >= 15 is 0 Å². The molecule has 0 bridgehead atoms. The van der Waals surface area contributed by atoms with Crippen LogP contribution in [0.1, 0.15) is 51.9 Å². The second-order valence-electron chi connectivity index (χ2n) is 4.36. The Bertz CT molecular complexity index is 170. The topological polar surface area (TPSA) is 12.5 Å². The molecule has 0 aliphatic carbocycles. The Morgan fingerprint density at radius 2 is 2.27 bits per heavy atom. The van der Waals surface area contributed by atoms with E-state index in [1.54, 1.807) is 0 Å². The van der Waals surface area contributed by atoms with Gasteiger partial charge in [0.25, 0.3) is 0 Å². The Kier molecular flexibility index (Phi) is 6.69. The third-order valence-corrected chi connectivity index (χ3v) is 3.02. The maximum Gasteiger partial charge on any atom is 0.0685 e. The minimum atomic E-state index is 0.581. The molecule has 88 valence electrons. The summed E-state index contributed by atoms with van der Waals surface area (Å²) in [5.74, 6) is 0. The van der Waals surface area contributed by atoms with Crippen molar-refractivity contribution in [1.82, 2.24) is 5.06 Å². The highest BCUT2D eigenvalue weighted by molar-refractivity contribution is 4.80. The number of nitrogens with zero attached hydrogens (tertiary/aromatic N) is 1. The van der Waals surface area contributed by atoms with E-state index < -0.39 is 0 Å². The van der Waals surface area contributed by atoms with Crippen LogP contribution in [-0.2, 0) is 4.84 Å². The highest BCUT2D eigenvalue weighted by atomic mass is 16.7. The zero-order valence-electron chi connectivity index (χ0n) is 10.1. The second-order valence-corrected chi connectivity index (χ2v) is 4.36. The van der Waals surface area contributed by atoms with Crippen molar-refractivity contribution >= 4 is 0 Å². The van der Waals surface area contributed by atoms with Gasteiger partial charge in [-0.05, 0) is 25.7 Å². The fourth-order valence-electron chi connectivity index (χ4n) is 2.11. The van der Waals surface area contributed by atoms with E-state index in [4.69, 9.17) is 4.84 Å². The third kappa shape index (κ3) is 4.80. The zero-order valence-corrected chi connectivity index (χ0v) is 10.1. The standard InChI is InChI=1S/C13H25NO/c1-3-5-8-12-15-14-11-7-6-10-13(14)9-4-2/h4,13H,2-3,5-12H2,1H3. The molecular formula is C13H25NO. The third-order valence-electron chi connectivity index (χ3n) is 3.02. The summed E-state index contributed by atoms with van der Waals surface area (Å²) in [4.78, 5) is 5.84. The van der Waals surface area contributed by atoms with Crippen LogP contribution < -0.4 is 0 Å². The molecule has 2 nitrogen and oxygen atoms in total. The molecule has 1 fully saturated rings. The smallest absolute Gasteiger partial charge is 0.0685 e. The predicted octanol–water partition coefficient (Wildman–Crippen LogP) is 3.54. The first-order valence-corrected chi connectivity index (χ1v) is 6.39. The van der Waals surface area contributed by atoms with Crippen LogP contribution in [0.4, 0.5) is 0 Å². The van der Waals surface area contributed by atoms with E-state index in [1.165, 1.54) is 38.5 Å². The van der Waals surface area contributed by atoms with Crippen molar-refractivity contribution in [3.05, 3.63) is 12.7 Å². The van der Waals surface area contributed by atoms with Gasteiger partial charge in [0.1, 0.15) is 0 Å². The quantitative estimate of drug-likeness (QED) is 0.472. The molecule has 0 radical (unpaired) electrons. The number of hydrogen-bond acceptors (Lipinski definition) is 2. The minimum absolute atomic E-state index is 0.581. The summed E-state index contributed by atoms with van der Waals surface area (Å²) in [6, 6.07) is 0.581. The molecule has 1 aliphatic rings. The van der Waals surface area contributed by atoms with Crippen molar-refractivity contribution in [2.75, 3.05) is 13.2 Å². The lowest BCUT2D eigenvalue weighted by Gasteiger charge is -2.34. The molecule has 1 rings (SSSR count). The van der Waals surface area contributed by atoms with Crippen LogP contribution in [0.5, 0.6) is 0 Å². The molecule has 0 aromatic rings. The lowest BCUT2D eigenvalue weighted by atomic mass is 10.0. The van der Waals surface area contributed by atoms with Gasteiger partial charge in [-0.1, -0.05) is 32.3 Å². The molecule has 0 saturated carbocycles. The molecule has 1 atom stereocenters. The first-order chi connectivity index (χ1) is 7.38. The Morgan fingerprint density at radius 3 is 3.00 bits per heavy atom. The van der Waals surface area contributed by atoms with Crippen molar-refractivity contribution in [1.29, 1.82) is 0 Å². The normalized spacial score (nSPS) is 22.9. The second kappa shape index (κ2) is 7.89.